The Labute approximate surface area is 152 Å². The van der Waals surface area contributed by atoms with Gasteiger partial charge in [0.15, 0.2) is 0 Å². The Kier molecular flexibility index (Phi) is 3.49. The Balaban J connectivity index is 1.56. The van der Waals surface area contributed by atoms with Gasteiger partial charge < -0.3 is 0 Å². The summed E-state index contributed by atoms with van der Waals surface area (Å²) in [6, 6.07) is 14.7. The number of hydrogen-bond donors (Lipinski definition) is 0. The lowest BCUT2D eigenvalue weighted by Gasteiger charge is -2.28. The molecule has 5 rings (SSSR count). The van der Waals surface area contributed by atoms with Crippen molar-refractivity contribution in [1.82, 2.24) is 9.97 Å². The first-order chi connectivity index (χ1) is 12.8. The van der Waals surface area contributed by atoms with Crippen LogP contribution in [0.3, 0.4) is 0 Å². The molecule has 2 unspecified atom stereocenters. The van der Waals surface area contributed by atoms with Gasteiger partial charge in [-0.05, 0) is 30.2 Å². The van der Waals surface area contributed by atoms with E-state index in [1.807, 2.05) is 30.5 Å². The van der Waals surface area contributed by atoms with Crippen LogP contribution in [0.15, 0.2) is 64.7 Å². The molecule has 0 saturated heterocycles. The molecule has 26 heavy (non-hydrogen) atoms. The van der Waals surface area contributed by atoms with Gasteiger partial charge in [-0.1, -0.05) is 42.5 Å². The second-order valence-corrected chi connectivity index (χ2v) is 6.81. The molecule has 2 atom stereocenters. The Morgan fingerprint density at radius 1 is 1.00 bits per heavy atom. The molecule has 126 valence electrons. The van der Waals surface area contributed by atoms with Crippen LogP contribution in [-0.4, -0.2) is 28.1 Å². The fourth-order valence-corrected chi connectivity index (χ4v) is 3.77. The average molecular weight is 338 g/mol. The van der Waals surface area contributed by atoms with Gasteiger partial charge in [0.1, 0.15) is 6.34 Å². The number of benzene rings is 2. The topological polar surface area (TPSA) is 50.5 Å². The van der Waals surface area contributed by atoms with Crippen LogP contribution >= 0.6 is 0 Å². The van der Waals surface area contributed by atoms with Crippen LogP contribution in [0.25, 0.3) is 17.1 Å². The van der Waals surface area contributed by atoms with E-state index in [9.17, 15) is 0 Å². The van der Waals surface area contributed by atoms with Crippen molar-refractivity contribution in [3.63, 3.8) is 0 Å². The van der Waals surface area contributed by atoms with Crippen LogP contribution in [0, 0.1) is 5.92 Å². The van der Waals surface area contributed by atoms with Crippen LogP contribution in [0.4, 0.5) is 0 Å². The van der Waals surface area contributed by atoms with Crippen LogP contribution < -0.4 is 0 Å². The van der Waals surface area contributed by atoms with Crippen molar-refractivity contribution in [2.75, 3.05) is 0 Å². The van der Waals surface area contributed by atoms with Gasteiger partial charge in [0.05, 0.1) is 28.5 Å². The molecule has 0 bridgehead atoms. The maximum absolute atomic E-state index is 4.77. The van der Waals surface area contributed by atoms with Gasteiger partial charge in [-0.15, -0.1) is 0 Å². The van der Waals surface area contributed by atoms with Crippen LogP contribution in [-0.2, 0) is 6.42 Å². The Morgan fingerprint density at radius 2 is 1.88 bits per heavy atom. The van der Waals surface area contributed by atoms with E-state index in [1.54, 1.807) is 6.34 Å². The quantitative estimate of drug-likeness (QED) is 0.707. The standard InChI is InChI=1S/C22H18N4/c1-14-17-9-10-18-15(5-4-6-19(18)22(17)25-13-24-14)11-16-12-23-20-7-2-3-8-21(20)26-16/h2-10,12-14,17H,11H2,1H3. The largest absolute Gasteiger partial charge is 0.269 e. The monoisotopic (exact) mass is 338 g/mol. The second kappa shape index (κ2) is 5.99. The van der Waals surface area contributed by atoms with E-state index >= 15 is 0 Å². The van der Waals surface area contributed by atoms with E-state index in [1.165, 1.54) is 16.7 Å². The Morgan fingerprint density at radius 3 is 2.81 bits per heavy atom. The van der Waals surface area contributed by atoms with Crippen LogP contribution in [0.2, 0.25) is 0 Å². The maximum atomic E-state index is 4.77. The first-order valence-corrected chi connectivity index (χ1v) is 8.90. The molecule has 0 saturated carbocycles. The third kappa shape index (κ3) is 2.46. The van der Waals surface area contributed by atoms with E-state index in [-0.39, 0.29) is 12.0 Å². The fourth-order valence-electron chi connectivity index (χ4n) is 3.77. The molecule has 2 aromatic carbocycles. The normalized spacial score (nSPS) is 20.6. The SMILES string of the molecule is CC1N=CN=C2c3cccc(Cc4cnc5ccccc5n4)c3C=CC21. The van der Waals surface area contributed by atoms with E-state index in [4.69, 9.17) is 4.98 Å². The molecule has 0 N–H and O–H groups in total. The molecule has 1 aromatic heterocycles. The molecule has 4 heteroatoms. The van der Waals surface area contributed by atoms with E-state index in [0.717, 1.165) is 28.9 Å². The number of hydrogen-bond acceptors (Lipinski definition) is 4. The smallest absolute Gasteiger partial charge is 0.110 e. The lowest BCUT2D eigenvalue weighted by atomic mass is 9.81. The molecule has 0 radical (unpaired) electrons. The highest BCUT2D eigenvalue weighted by Gasteiger charge is 2.28. The zero-order chi connectivity index (χ0) is 17.5. The lowest BCUT2D eigenvalue weighted by Crippen LogP contribution is -2.29. The number of aliphatic imine (C=N–C) groups is 2. The number of aromatic nitrogens is 2. The molecule has 1 aliphatic carbocycles. The van der Waals surface area contributed by atoms with Gasteiger partial charge in [0, 0.05) is 24.1 Å². The first kappa shape index (κ1) is 15.1. The van der Waals surface area contributed by atoms with Crippen LogP contribution in [0.5, 0.6) is 0 Å². The van der Waals surface area contributed by atoms with E-state index in [0.29, 0.717) is 0 Å². The molecule has 2 aliphatic rings. The van der Waals surface area contributed by atoms with E-state index in [2.05, 4.69) is 52.2 Å². The summed E-state index contributed by atoms with van der Waals surface area (Å²) < 4.78 is 0. The summed E-state index contributed by atoms with van der Waals surface area (Å²) in [7, 11) is 0. The van der Waals surface area contributed by atoms with Crippen molar-refractivity contribution < 1.29 is 0 Å². The highest BCUT2D eigenvalue weighted by atomic mass is 14.9. The predicted octanol–water partition coefficient (Wildman–Crippen LogP) is 4.08. The predicted molar refractivity (Wildman–Crippen MR) is 106 cm³/mol. The molecular weight excluding hydrogens is 320 g/mol. The molecular formula is C22H18N4. The summed E-state index contributed by atoms with van der Waals surface area (Å²) in [5.74, 6) is 0.267. The highest BCUT2D eigenvalue weighted by Crippen LogP contribution is 2.31. The Hall–Kier alpha value is -3.14. The number of fused-ring (bicyclic) bond motifs is 4. The van der Waals surface area contributed by atoms with Gasteiger partial charge >= 0.3 is 0 Å². The van der Waals surface area contributed by atoms with Gasteiger partial charge in [0.25, 0.3) is 0 Å². The summed E-state index contributed by atoms with van der Waals surface area (Å²) in [5.41, 5.74) is 7.66. The average Bonchev–Trinajstić information content (AvgIpc) is 2.68. The molecule has 0 spiro atoms. The molecule has 2 heterocycles. The summed E-state index contributed by atoms with van der Waals surface area (Å²) in [4.78, 5) is 18.3. The second-order valence-electron chi connectivity index (χ2n) is 6.81. The maximum Gasteiger partial charge on any atom is 0.110 e. The van der Waals surface area contributed by atoms with Crippen molar-refractivity contribution in [3.05, 3.63) is 77.1 Å². The third-order valence-electron chi connectivity index (χ3n) is 5.15. The minimum absolute atomic E-state index is 0.238. The van der Waals surface area contributed by atoms with Gasteiger partial charge in [-0.3, -0.25) is 9.98 Å². The van der Waals surface area contributed by atoms with Crippen molar-refractivity contribution in [1.29, 1.82) is 0 Å². The zero-order valence-corrected chi connectivity index (χ0v) is 14.5. The minimum Gasteiger partial charge on any atom is -0.269 e. The number of para-hydroxylation sites is 2. The van der Waals surface area contributed by atoms with Crippen molar-refractivity contribution >= 4 is 29.2 Å². The summed E-state index contributed by atoms with van der Waals surface area (Å²) in [6.45, 7) is 2.14. The van der Waals surface area contributed by atoms with Crippen LogP contribution in [0.1, 0.15) is 29.3 Å². The van der Waals surface area contributed by atoms with E-state index < -0.39 is 0 Å². The van der Waals surface area contributed by atoms with Crippen molar-refractivity contribution in [3.8, 4) is 0 Å². The van der Waals surface area contributed by atoms with Gasteiger partial charge in [-0.2, -0.15) is 0 Å². The first-order valence-electron chi connectivity index (χ1n) is 8.90. The summed E-state index contributed by atoms with van der Waals surface area (Å²) in [6.07, 6.45) is 8.79. The van der Waals surface area contributed by atoms with Gasteiger partial charge in [0.2, 0.25) is 0 Å². The van der Waals surface area contributed by atoms with Crippen molar-refractivity contribution in [2.45, 2.75) is 19.4 Å². The molecule has 0 amide bonds. The molecule has 0 fully saturated rings. The van der Waals surface area contributed by atoms with Gasteiger partial charge in [-0.25, -0.2) is 9.98 Å². The minimum atomic E-state index is 0.238. The fraction of sp³-hybridized carbons (Fsp3) is 0.182. The lowest BCUT2D eigenvalue weighted by molar-refractivity contribution is 0.660. The molecule has 4 nitrogen and oxygen atoms in total. The number of nitrogens with zero attached hydrogens (tertiary/aromatic N) is 4. The molecule has 1 aliphatic heterocycles. The highest BCUT2D eigenvalue weighted by molar-refractivity contribution is 6.12. The number of rotatable bonds is 2. The summed E-state index contributed by atoms with van der Waals surface area (Å²) >= 11 is 0. The molecule has 3 aromatic rings. The summed E-state index contributed by atoms with van der Waals surface area (Å²) in [5, 5.41) is 0. The zero-order valence-electron chi connectivity index (χ0n) is 14.5. The van der Waals surface area contributed by atoms with Crippen molar-refractivity contribution in [2.24, 2.45) is 15.9 Å². The third-order valence-corrected chi connectivity index (χ3v) is 5.15. The Bertz CT molecular complexity index is 1090.